The summed E-state index contributed by atoms with van der Waals surface area (Å²) in [4.78, 5) is 4.25. The van der Waals surface area contributed by atoms with Crippen molar-refractivity contribution in [1.82, 2.24) is 4.90 Å². The highest BCUT2D eigenvalue weighted by Crippen LogP contribution is 2.33. The third-order valence-corrected chi connectivity index (χ3v) is 3.71. The van der Waals surface area contributed by atoms with Gasteiger partial charge in [-0.15, -0.1) is 0 Å². The minimum atomic E-state index is -4.28. The number of nitrogens with zero attached hydrogens (tertiary/aromatic N) is 2. The summed E-state index contributed by atoms with van der Waals surface area (Å²) in [5, 5.41) is 0. The van der Waals surface area contributed by atoms with Crippen molar-refractivity contribution in [3.8, 4) is 0 Å². The number of piperazine rings is 1. The summed E-state index contributed by atoms with van der Waals surface area (Å²) < 4.78 is 38.5. The van der Waals surface area contributed by atoms with Gasteiger partial charge in [0.15, 0.2) is 0 Å². The van der Waals surface area contributed by atoms with Crippen LogP contribution in [-0.4, -0.2) is 37.6 Å². The van der Waals surface area contributed by atoms with Crippen LogP contribution in [-0.2, 0) is 6.18 Å². The Balaban J connectivity index is 2.28. The molecular formula is C14H19F3N2. The molecule has 1 aliphatic rings. The molecule has 1 aliphatic heterocycles. The summed E-state index contributed by atoms with van der Waals surface area (Å²) in [7, 11) is 2.04. The molecule has 0 saturated carbocycles. The van der Waals surface area contributed by atoms with E-state index in [1.54, 1.807) is 6.92 Å². The van der Waals surface area contributed by atoms with Crippen LogP contribution < -0.4 is 4.90 Å². The van der Waals surface area contributed by atoms with Crippen molar-refractivity contribution in [1.29, 1.82) is 0 Å². The molecule has 0 N–H and O–H groups in total. The zero-order valence-electron chi connectivity index (χ0n) is 11.5. The zero-order valence-corrected chi connectivity index (χ0v) is 11.5. The summed E-state index contributed by atoms with van der Waals surface area (Å²) >= 11 is 0. The number of alkyl halides is 3. The highest BCUT2D eigenvalue weighted by atomic mass is 19.4. The standard InChI is InChI=1S/C14H19F3N2/c1-10-6-12(14(15,16)17)8-13(7-10)19-5-4-18(3)11(2)9-19/h6-8,11H,4-5,9H2,1-3H3/t11-/m0/s1. The van der Waals surface area contributed by atoms with Crippen LogP contribution in [0.2, 0.25) is 0 Å². The maximum absolute atomic E-state index is 12.8. The van der Waals surface area contributed by atoms with E-state index in [0.29, 0.717) is 17.3 Å². The van der Waals surface area contributed by atoms with E-state index in [9.17, 15) is 13.2 Å². The average Bonchev–Trinajstić information content (AvgIpc) is 2.31. The minimum absolute atomic E-state index is 0.351. The summed E-state index contributed by atoms with van der Waals surface area (Å²) in [6, 6.07) is 4.63. The molecule has 0 aromatic heterocycles. The van der Waals surface area contributed by atoms with Crippen molar-refractivity contribution < 1.29 is 13.2 Å². The van der Waals surface area contributed by atoms with Crippen molar-refractivity contribution in [3.05, 3.63) is 29.3 Å². The van der Waals surface area contributed by atoms with Gasteiger partial charge in [-0.1, -0.05) is 0 Å². The number of likely N-dealkylation sites (N-methyl/N-ethyl adjacent to an activating group) is 1. The molecule has 1 aromatic carbocycles. The first-order chi connectivity index (χ1) is 8.77. The van der Waals surface area contributed by atoms with Crippen LogP contribution in [0.4, 0.5) is 18.9 Å². The van der Waals surface area contributed by atoms with E-state index in [1.807, 2.05) is 18.0 Å². The van der Waals surface area contributed by atoms with E-state index in [1.165, 1.54) is 12.1 Å². The average molecular weight is 272 g/mol. The first kappa shape index (κ1) is 14.2. The van der Waals surface area contributed by atoms with Crippen LogP contribution in [0.3, 0.4) is 0 Å². The topological polar surface area (TPSA) is 6.48 Å². The predicted octanol–water partition coefficient (Wildman–Crippen LogP) is 3.15. The maximum Gasteiger partial charge on any atom is 0.416 e. The van der Waals surface area contributed by atoms with Crippen molar-refractivity contribution in [3.63, 3.8) is 0 Å². The quantitative estimate of drug-likeness (QED) is 0.775. The van der Waals surface area contributed by atoms with E-state index < -0.39 is 11.7 Å². The molecule has 1 atom stereocenters. The predicted molar refractivity (Wildman–Crippen MR) is 70.5 cm³/mol. The smallest absolute Gasteiger partial charge is 0.369 e. The van der Waals surface area contributed by atoms with Crippen LogP contribution in [0.1, 0.15) is 18.1 Å². The number of aryl methyl sites for hydroxylation is 1. The van der Waals surface area contributed by atoms with E-state index in [-0.39, 0.29) is 0 Å². The molecule has 0 amide bonds. The van der Waals surface area contributed by atoms with Gasteiger partial charge in [-0.25, -0.2) is 0 Å². The Morgan fingerprint density at radius 3 is 2.42 bits per heavy atom. The molecule has 1 fully saturated rings. The van der Waals surface area contributed by atoms with Gasteiger partial charge in [-0.3, -0.25) is 0 Å². The Hall–Kier alpha value is -1.23. The van der Waals surface area contributed by atoms with Gasteiger partial charge >= 0.3 is 6.18 Å². The van der Waals surface area contributed by atoms with Gasteiger partial charge in [0.25, 0.3) is 0 Å². The van der Waals surface area contributed by atoms with Crippen molar-refractivity contribution in [2.45, 2.75) is 26.1 Å². The molecule has 2 rings (SSSR count). The second kappa shape index (κ2) is 5.04. The molecule has 0 radical (unpaired) electrons. The van der Waals surface area contributed by atoms with Crippen LogP contribution >= 0.6 is 0 Å². The molecule has 0 unspecified atom stereocenters. The van der Waals surface area contributed by atoms with E-state index in [0.717, 1.165) is 19.6 Å². The molecule has 0 spiro atoms. The maximum atomic E-state index is 12.8. The Bertz CT molecular complexity index is 456. The van der Waals surface area contributed by atoms with Gasteiger partial charge in [0.1, 0.15) is 0 Å². The second-order valence-corrected chi connectivity index (χ2v) is 5.33. The van der Waals surface area contributed by atoms with E-state index in [2.05, 4.69) is 11.8 Å². The van der Waals surface area contributed by atoms with Crippen molar-refractivity contribution in [2.75, 3.05) is 31.6 Å². The zero-order chi connectivity index (χ0) is 14.2. The van der Waals surface area contributed by atoms with Gasteiger partial charge in [0.2, 0.25) is 0 Å². The van der Waals surface area contributed by atoms with E-state index >= 15 is 0 Å². The molecule has 1 saturated heterocycles. The van der Waals surface area contributed by atoms with Gasteiger partial charge < -0.3 is 9.80 Å². The number of anilines is 1. The Labute approximate surface area is 111 Å². The lowest BCUT2D eigenvalue weighted by molar-refractivity contribution is -0.137. The molecule has 106 valence electrons. The van der Waals surface area contributed by atoms with E-state index in [4.69, 9.17) is 0 Å². The molecule has 2 nitrogen and oxygen atoms in total. The Morgan fingerprint density at radius 2 is 1.84 bits per heavy atom. The van der Waals surface area contributed by atoms with Crippen molar-refractivity contribution in [2.24, 2.45) is 0 Å². The number of hydrogen-bond donors (Lipinski definition) is 0. The highest BCUT2D eigenvalue weighted by molar-refractivity contribution is 5.52. The van der Waals surface area contributed by atoms with Crippen LogP contribution in [0, 0.1) is 6.92 Å². The molecule has 0 bridgehead atoms. The lowest BCUT2D eigenvalue weighted by Crippen LogP contribution is -2.50. The number of benzene rings is 1. The summed E-state index contributed by atoms with van der Waals surface area (Å²) in [5.41, 5.74) is 0.762. The largest absolute Gasteiger partial charge is 0.416 e. The number of hydrogen-bond acceptors (Lipinski definition) is 2. The Morgan fingerprint density at radius 1 is 1.16 bits per heavy atom. The molecular weight excluding hydrogens is 253 g/mol. The SMILES string of the molecule is Cc1cc(N2CCN(C)[C@@H](C)C2)cc(C(F)(F)F)c1. The third kappa shape index (κ3) is 3.21. The second-order valence-electron chi connectivity index (χ2n) is 5.33. The van der Waals surface area contributed by atoms with Gasteiger partial charge in [-0.05, 0) is 44.7 Å². The van der Waals surface area contributed by atoms with Crippen LogP contribution in [0.15, 0.2) is 18.2 Å². The fourth-order valence-electron chi connectivity index (χ4n) is 2.39. The molecule has 19 heavy (non-hydrogen) atoms. The summed E-state index contributed by atoms with van der Waals surface area (Å²) in [6.07, 6.45) is -4.28. The number of rotatable bonds is 1. The minimum Gasteiger partial charge on any atom is -0.369 e. The fraction of sp³-hybridized carbons (Fsp3) is 0.571. The molecule has 0 aliphatic carbocycles. The normalized spacial score (nSPS) is 21.8. The summed E-state index contributed by atoms with van der Waals surface area (Å²) in [6.45, 7) is 6.19. The molecule has 5 heteroatoms. The van der Waals surface area contributed by atoms with Crippen LogP contribution in [0.25, 0.3) is 0 Å². The molecule has 1 aromatic rings. The first-order valence-corrected chi connectivity index (χ1v) is 6.41. The fourth-order valence-corrected chi connectivity index (χ4v) is 2.39. The lowest BCUT2D eigenvalue weighted by Gasteiger charge is -2.39. The first-order valence-electron chi connectivity index (χ1n) is 6.41. The van der Waals surface area contributed by atoms with Gasteiger partial charge in [-0.2, -0.15) is 13.2 Å². The van der Waals surface area contributed by atoms with Crippen LogP contribution in [0.5, 0.6) is 0 Å². The molecule has 1 heterocycles. The lowest BCUT2D eigenvalue weighted by atomic mass is 10.1. The monoisotopic (exact) mass is 272 g/mol. The van der Waals surface area contributed by atoms with Gasteiger partial charge in [0.05, 0.1) is 5.56 Å². The highest BCUT2D eigenvalue weighted by Gasteiger charge is 2.32. The third-order valence-electron chi connectivity index (χ3n) is 3.71. The van der Waals surface area contributed by atoms with Gasteiger partial charge in [0, 0.05) is 31.4 Å². The number of halogens is 3. The Kier molecular flexibility index (Phi) is 3.76. The van der Waals surface area contributed by atoms with Crippen molar-refractivity contribution >= 4 is 5.69 Å². The summed E-state index contributed by atoms with van der Waals surface area (Å²) in [5.74, 6) is 0.